The number of benzene rings is 2. The average molecular weight is 328 g/mol. The highest BCUT2D eigenvalue weighted by atomic mass is 19.1. The monoisotopic (exact) mass is 328 g/mol. The zero-order valence-corrected chi connectivity index (χ0v) is 14.0. The van der Waals surface area contributed by atoms with Gasteiger partial charge in [-0.2, -0.15) is 0 Å². The van der Waals surface area contributed by atoms with Gasteiger partial charge >= 0.3 is 0 Å². The zero-order valence-electron chi connectivity index (χ0n) is 14.0. The number of amides is 2. The minimum atomic E-state index is -0.413. The van der Waals surface area contributed by atoms with Crippen LogP contribution in [0.15, 0.2) is 42.5 Å². The molecule has 0 saturated carbocycles. The summed E-state index contributed by atoms with van der Waals surface area (Å²) in [7, 11) is 0. The minimum absolute atomic E-state index is 0.0967. The molecule has 2 aromatic rings. The summed E-state index contributed by atoms with van der Waals surface area (Å²) in [4.78, 5) is 23.8. The Morgan fingerprint density at radius 1 is 1.08 bits per heavy atom. The average Bonchev–Trinajstić information content (AvgIpc) is 2.50. The van der Waals surface area contributed by atoms with Gasteiger partial charge in [-0.15, -0.1) is 0 Å². The number of carbonyl (C=O) groups excluding carboxylic acids is 2. The summed E-state index contributed by atoms with van der Waals surface area (Å²) in [5.41, 5.74) is 3.18. The van der Waals surface area contributed by atoms with Gasteiger partial charge in [0.2, 0.25) is 11.8 Å². The third-order valence-corrected chi connectivity index (χ3v) is 3.71. The first kappa shape index (κ1) is 17.7. The van der Waals surface area contributed by atoms with Gasteiger partial charge in [0.15, 0.2) is 0 Å². The molecule has 5 heteroatoms. The summed E-state index contributed by atoms with van der Waals surface area (Å²) in [6, 6.07) is 11.4. The Morgan fingerprint density at radius 2 is 1.75 bits per heavy atom. The van der Waals surface area contributed by atoms with E-state index in [1.807, 2.05) is 31.2 Å². The van der Waals surface area contributed by atoms with Gasteiger partial charge in [-0.25, -0.2) is 4.39 Å². The van der Waals surface area contributed by atoms with E-state index in [4.69, 9.17) is 0 Å². The summed E-state index contributed by atoms with van der Waals surface area (Å²) in [5.74, 6) is -0.795. The van der Waals surface area contributed by atoms with Gasteiger partial charge in [0.1, 0.15) is 5.82 Å². The molecule has 1 atom stereocenters. The predicted octanol–water partition coefficient (Wildman–Crippen LogP) is 3.65. The molecule has 0 aliphatic carbocycles. The smallest absolute Gasteiger partial charge is 0.226 e. The van der Waals surface area contributed by atoms with E-state index in [2.05, 4.69) is 10.6 Å². The predicted molar refractivity (Wildman–Crippen MR) is 92.1 cm³/mol. The van der Waals surface area contributed by atoms with Crippen LogP contribution in [0.5, 0.6) is 0 Å². The molecule has 0 heterocycles. The number of nitrogens with one attached hydrogen (secondary N) is 2. The Labute approximate surface area is 141 Å². The number of anilines is 1. The van der Waals surface area contributed by atoms with Gasteiger partial charge in [0.25, 0.3) is 0 Å². The second-order valence-electron chi connectivity index (χ2n) is 5.88. The Morgan fingerprint density at radius 3 is 2.33 bits per heavy atom. The molecule has 0 aliphatic heterocycles. The lowest BCUT2D eigenvalue weighted by atomic mass is 10.0. The van der Waals surface area contributed by atoms with Crippen molar-refractivity contribution in [1.82, 2.24) is 5.32 Å². The lowest BCUT2D eigenvalue weighted by Gasteiger charge is -2.19. The maximum atomic E-state index is 13.1. The minimum Gasteiger partial charge on any atom is -0.349 e. The molecule has 0 aromatic heterocycles. The zero-order chi connectivity index (χ0) is 17.7. The van der Waals surface area contributed by atoms with Crippen molar-refractivity contribution in [1.29, 1.82) is 0 Å². The van der Waals surface area contributed by atoms with Crippen molar-refractivity contribution in [3.8, 4) is 0 Å². The fourth-order valence-electron chi connectivity index (χ4n) is 2.45. The largest absolute Gasteiger partial charge is 0.349 e. The van der Waals surface area contributed by atoms with Crippen molar-refractivity contribution in [2.24, 2.45) is 0 Å². The number of halogens is 1. The van der Waals surface area contributed by atoms with Crippen molar-refractivity contribution in [3.63, 3.8) is 0 Å². The van der Waals surface area contributed by atoms with E-state index >= 15 is 0 Å². The van der Waals surface area contributed by atoms with Crippen LogP contribution in [0, 0.1) is 19.7 Å². The summed E-state index contributed by atoms with van der Waals surface area (Å²) in [6.07, 6.45) is 0.0967. The highest BCUT2D eigenvalue weighted by Gasteiger charge is 2.17. The van der Waals surface area contributed by atoms with Crippen LogP contribution in [0.1, 0.15) is 36.1 Å². The van der Waals surface area contributed by atoms with E-state index in [1.54, 1.807) is 6.92 Å². The molecule has 2 rings (SSSR count). The molecule has 0 spiro atoms. The van der Waals surface area contributed by atoms with Crippen LogP contribution < -0.4 is 10.6 Å². The number of rotatable bonds is 5. The molecule has 1 unspecified atom stereocenters. The first-order chi connectivity index (χ1) is 11.3. The molecule has 24 heavy (non-hydrogen) atoms. The van der Waals surface area contributed by atoms with Gasteiger partial charge in [-0.1, -0.05) is 29.8 Å². The van der Waals surface area contributed by atoms with E-state index in [9.17, 15) is 14.0 Å². The third-order valence-electron chi connectivity index (χ3n) is 3.71. The van der Waals surface area contributed by atoms with Crippen LogP contribution in [0.3, 0.4) is 0 Å². The summed E-state index contributed by atoms with van der Waals surface area (Å²) < 4.78 is 13.1. The maximum Gasteiger partial charge on any atom is 0.226 e. The van der Waals surface area contributed by atoms with Crippen molar-refractivity contribution >= 4 is 17.5 Å². The standard InChI is InChI=1S/C19H21FN2O2/c1-12-4-6-15(7-5-12)18(21-14(3)23)11-19(24)22-17-9-8-16(20)10-13(17)2/h4-10,18H,11H2,1-3H3,(H,21,23)(H,22,24). The van der Waals surface area contributed by atoms with Crippen LogP contribution in [-0.4, -0.2) is 11.8 Å². The molecule has 0 radical (unpaired) electrons. The number of hydrogen-bond donors (Lipinski definition) is 2. The van der Waals surface area contributed by atoms with Crippen LogP contribution in [0.25, 0.3) is 0 Å². The summed E-state index contributed by atoms with van der Waals surface area (Å²) >= 11 is 0. The fourth-order valence-corrected chi connectivity index (χ4v) is 2.45. The molecule has 2 N–H and O–H groups in total. The van der Waals surface area contributed by atoms with Gasteiger partial charge in [0, 0.05) is 12.6 Å². The van der Waals surface area contributed by atoms with Crippen LogP contribution in [0.2, 0.25) is 0 Å². The molecule has 0 bridgehead atoms. The molecule has 4 nitrogen and oxygen atoms in total. The molecule has 0 aliphatic rings. The summed E-state index contributed by atoms with van der Waals surface area (Å²) in [5, 5.41) is 5.56. The Kier molecular flexibility index (Phi) is 5.68. The summed E-state index contributed by atoms with van der Waals surface area (Å²) in [6.45, 7) is 5.12. The number of hydrogen-bond acceptors (Lipinski definition) is 2. The molecule has 126 valence electrons. The van der Waals surface area contributed by atoms with Crippen LogP contribution in [-0.2, 0) is 9.59 Å². The van der Waals surface area contributed by atoms with Gasteiger partial charge < -0.3 is 10.6 Å². The van der Waals surface area contributed by atoms with E-state index in [-0.39, 0.29) is 24.1 Å². The van der Waals surface area contributed by atoms with E-state index in [0.717, 1.165) is 11.1 Å². The molecule has 0 fully saturated rings. The molecule has 2 aromatic carbocycles. The van der Waals surface area contributed by atoms with E-state index < -0.39 is 6.04 Å². The molecule has 0 saturated heterocycles. The highest BCUT2D eigenvalue weighted by Crippen LogP contribution is 2.20. The van der Waals surface area contributed by atoms with Gasteiger partial charge in [-0.05, 0) is 43.2 Å². The van der Waals surface area contributed by atoms with Crippen molar-refractivity contribution < 1.29 is 14.0 Å². The number of aryl methyl sites for hydroxylation is 2. The third kappa shape index (κ3) is 4.91. The van der Waals surface area contributed by atoms with E-state index in [0.29, 0.717) is 11.3 Å². The molecular formula is C19H21FN2O2. The van der Waals surface area contributed by atoms with Gasteiger partial charge in [-0.3, -0.25) is 9.59 Å². The first-order valence-corrected chi connectivity index (χ1v) is 7.75. The molecule has 2 amide bonds. The normalized spacial score (nSPS) is 11.7. The first-order valence-electron chi connectivity index (χ1n) is 7.75. The Balaban J connectivity index is 2.12. The van der Waals surface area contributed by atoms with Crippen molar-refractivity contribution in [2.45, 2.75) is 33.2 Å². The van der Waals surface area contributed by atoms with E-state index in [1.165, 1.54) is 25.1 Å². The Hall–Kier alpha value is -2.69. The second kappa shape index (κ2) is 7.73. The van der Waals surface area contributed by atoms with Crippen molar-refractivity contribution in [2.75, 3.05) is 5.32 Å². The van der Waals surface area contributed by atoms with Crippen molar-refractivity contribution in [3.05, 3.63) is 65.0 Å². The topological polar surface area (TPSA) is 58.2 Å². The SMILES string of the molecule is CC(=O)NC(CC(=O)Nc1ccc(F)cc1C)c1ccc(C)cc1. The Bertz CT molecular complexity index is 742. The lowest BCUT2D eigenvalue weighted by molar-refractivity contribution is -0.120. The highest BCUT2D eigenvalue weighted by molar-refractivity contribution is 5.92. The number of carbonyl (C=O) groups is 2. The lowest BCUT2D eigenvalue weighted by Crippen LogP contribution is -2.29. The van der Waals surface area contributed by atoms with Crippen LogP contribution >= 0.6 is 0 Å². The second-order valence-corrected chi connectivity index (χ2v) is 5.88. The van der Waals surface area contributed by atoms with Gasteiger partial charge in [0.05, 0.1) is 12.5 Å². The fraction of sp³-hybridized carbons (Fsp3) is 0.263. The van der Waals surface area contributed by atoms with Crippen LogP contribution in [0.4, 0.5) is 10.1 Å². The molecular weight excluding hydrogens is 307 g/mol. The maximum absolute atomic E-state index is 13.1. The quantitative estimate of drug-likeness (QED) is 0.880.